The molecule has 4 unspecified atom stereocenters. The molecule has 0 spiro atoms. The molecule has 0 N–H and O–H groups in total. The van der Waals surface area contributed by atoms with Crippen molar-refractivity contribution in [3.05, 3.63) is 70.0 Å². The number of carbonyl (C=O) groups is 2. The molecule has 2 aliphatic carbocycles. The summed E-state index contributed by atoms with van der Waals surface area (Å²) in [5.74, 6) is 0.101. The van der Waals surface area contributed by atoms with Crippen molar-refractivity contribution >= 4 is 39.6 Å². The third-order valence-corrected chi connectivity index (χ3v) is 7.36. The number of fused-ring (bicyclic) bond motifs is 2. The van der Waals surface area contributed by atoms with Gasteiger partial charge in [0.1, 0.15) is 5.82 Å². The molecule has 2 aliphatic rings. The summed E-state index contributed by atoms with van der Waals surface area (Å²) in [5.41, 5.74) is 1.97. The molecule has 2 aromatic rings. The number of methoxy groups -OCH3 is 1. The Balaban J connectivity index is 1.72. The highest BCUT2D eigenvalue weighted by Crippen LogP contribution is 2.49. The van der Waals surface area contributed by atoms with Gasteiger partial charge in [0, 0.05) is 22.2 Å². The number of rotatable bonds is 6. The summed E-state index contributed by atoms with van der Waals surface area (Å²) in [6.07, 6.45) is 7.09. The molecule has 2 aromatic carbocycles. The van der Waals surface area contributed by atoms with Crippen molar-refractivity contribution in [1.29, 1.82) is 0 Å². The van der Waals surface area contributed by atoms with Crippen molar-refractivity contribution < 1.29 is 18.7 Å². The van der Waals surface area contributed by atoms with Gasteiger partial charge in [0.05, 0.1) is 13.2 Å². The van der Waals surface area contributed by atoms with Crippen LogP contribution in [0.1, 0.15) is 49.8 Å². The lowest BCUT2D eigenvalue weighted by molar-refractivity contribution is -0.134. The Morgan fingerprint density at radius 3 is 2.53 bits per heavy atom. The Morgan fingerprint density at radius 1 is 1.16 bits per heavy atom. The molecule has 0 saturated heterocycles. The zero-order valence-electron chi connectivity index (χ0n) is 18.3. The normalized spacial score (nSPS) is 22.8. The topological polar surface area (TPSA) is 46.6 Å². The van der Waals surface area contributed by atoms with Crippen LogP contribution in [0.15, 0.2) is 53.0 Å². The number of amides is 1. The molecule has 4 nitrogen and oxygen atoms in total. The first-order chi connectivity index (χ1) is 15.4. The molecule has 1 amide bonds. The second-order valence-electron chi connectivity index (χ2n) is 8.82. The van der Waals surface area contributed by atoms with Crippen molar-refractivity contribution in [3.63, 3.8) is 0 Å². The van der Waals surface area contributed by atoms with Gasteiger partial charge in [0.15, 0.2) is 0 Å². The molecule has 6 heteroatoms. The zero-order valence-corrected chi connectivity index (χ0v) is 19.8. The van der Waals surface area contributed by atoms with E-state index in [9.17, 15) is 14.0 Å². The van der Waals surface area contributed by atoms with Crippen molar-refractivity contribution in [2.75, 3.05) is 12.0 Å². The molecule has 0 radical (unpaired) electrons. The first kappa shape index (κ1) is 22.7. The molecule has 0 aromatic heterocycles. The summed E-state index contributed by atoms with van der Waals surface area (Å²) in [6, 6.07) is 12.1. The maximum atomic E-state index is 14.6. The van der Waals surface area contributed by atoms with Crippen LogP contribution in [-0.2, 0) is 14.3 Å². The largest absolute Gasteiger partial charge is 0.466 e. The van der Waals surface area contributed by atoms with E-state index in [4.69, 9.17) is 0 Å². The number of hydrogen-bond acceptors (Lipinski definition) is 3. The summed E-state index contributed by atoms with van der Waals surface area (Å²) >= 11 is 3.46. The van der Waals surface area contributed by atoms with E-state index in [2.05, 4.69) is 20.7 Å². The van der Waals surface area contributed by atoms with Gasteiger partial charge in [-0.1, -0.05) is 34.5 Å². The summed E-state index contributed by atoms with van der Waals surface area (Å²) in [7, 11) is 1.29. The Morgan fingerprint density at radius 2 is 1.91 bits per heavy atom. The Bertz CT molecular complexity index is 1040. The van der Waals surface area contributed by atoms with Crippen LogP contribution in [0.3, 0.4) is 0 Å². The minimum Gasteiger partial charge on any atom is -0.466 e. The number of anilines is 1. The van der Waals surface area contributed by atoms with E-state index < -0.39 is 11.8 Å². The number of benzene rings is 2. The summed E-state index contributed by atoms with van der Waals surface area (Å²) < 4.78 is 20.2. The predicted octanol–water partition coefficient (Wildman–Crippen LogP) is 6.30. The highest BCUT2D eigenvalue weighted by Gasteiger charge is 2.45. The predicted molar refractivity (Wildman–Crippen MR) is 126 cm³/mol. The van der Waals surface area contributed by atoms with E-state index in [1.807, 2.05) is 31.2 Å². The van der Waals surface area contributed by atoms with Crippen LogP contribution in [0.5, 0.6) is 0 Å². The summed E-state index contributed by atoms with van der Waals surface area (Å²) in [4.78, 5) is 27.1. The Kier molecular flexibility index (Phi) is 6.79. The number of carbonyl (C=O) groups excluding carboxylic acids is 2. The molecule has 0 aliphatic heterocycles. The molecule has 0 heterocycles. The van der Waals surface area contributed by atoms with Gasteiger partial charge in [-0.3, -0.25) is 4.79 Å². The maximum absolute atomic E-state index is 14.6. The van der Waals surface area contributed by atoms with E-state index >= 15 is 0 Å². The van der Waals surface area contributed by atoms with E-state index in [1.165, 1.54) is 37.8 Å². The smallest absolute Gasteiger partial charge is 0.330 e. The maximum Gasteiger partial charge on any atom is 0.330 e. The molecule has 168 valence electrons. The fraction of sp³-hybridized carbons (Fsp3) is 0.385. The van der Waals surface area contributed by atoms with E-state index in [1.54, 1.807) is 11.0 Å². The quantitative estimate of drug-likeness (QED) is 0.345. The van der Waals surface area contributed by atoms with E-state index in [-0.39, 0.29) is 17.9 Å². The molecule has 4 atom stereocenters. The number of halogens is 2. The van der Waals surface area contributed by atoms with E-state index in [0.717, 1.165) is 29.3 Å². The summed E-state index contributed by atoms with van der Waals surface area (Å²) in [5, 5.41) is 0. The van der Waals surface area contributed by atoms with E-state index in [0.29, 0.717) is 23.1 Å². The number of esters is 1. The summed E-state index contributed by atoms with van der Waals surface area (Å²) in [6.45, 7) is 1.98. The van der Waals surface area contributed by atoms with Gasteiger partial charge in [-0.05, 0) is 85.6 Å². The number of nitrogens with zero attached hydrogens (tertiary/aromatic N) is 1. The standard InChI is InChI=1S/C26H27BrFNO3/c1-16(19-6-8-21(27)9-7-19)29(26(31)24-14-17-3-5-20(24)11-17)23-13-18(12-22(28)15-23)4-10-25(30)32-2/h4,6-10,12-13,15-17,20,24H,3,5,11,14H2,1-2H3/b10-4+. The van der Waals surface area contributed by atoms with Crippen molar-refractivity contribution in [2.45, 2.75) is 38.6 Å². The first-order valence-electron chi connectivity index (χ1n) is 11.0. The highest BCUT2D eigenvalue weighted by atomic mass is 79.9. The molecule has 2 fully saturated rings. The lowest BCUT2D eigenvalue weighted by atomic mass is 9.87. The minimum atomic E-state index is -0.519. The van der Waals surface area contributed by atoms with Gasteiger partial charge in [0.25, 0.3) is 0 Å². The average molecular weight is 500 g/mol. The monoisotopic (exact) mass is 499 g/mol. The molecule has 4 rings (SSSR count). The lowest BCUT2D eigenvalue weighted by Crippen LogP contribution is -2.40. The van der Waals surface area contributed by atoms with Crippen molar-refractivity contribution in [3.8, 4) is 0 Å². The first-order valence-corrected chi connectivity index (χ1v) is 11.8. The van der Waals surface area contributed by atoms with Gasteiger partial charge in [-0.15, -0.1) is 0 Å². The van der Waals surface area contributed by atoms with Crippen LogP contribution in [0, 0.1) is 23.6 Å². The zero-order chi connectivity index (χ0) is 22.8. The lowest BCUT2D eigenvalue weighted by Gasteiger charge is -2.34. The van der Waals surface area contributed by atoms with Crippen LogP contribution in [0.2, 0.25) is 0 Å². The third-order valence-electron chi connectivity index (χ3n) is 6.83. The van der Waals surface area contributed by atoms with Crippen LogP contribution in [-0.4, -0.2) is 19.0 Å². The van der Waals surface area contributed by atoms with Crippen LogP contribution in [0.4, 0.5) is 10.1 Å². The minimum absolute atomic E-state index is 0.0241. The molecule has 32 heavy (non-hydrogen) atoms. The Labute approximate surface area is 196 Å². The van der Waals surface area contributed by atoms with Gasteiger partial charge >= 0.3 is 5.97 Å². The Hall–Kier alpha value is -2.47. The van der Waals surface area contributed by atoms with Crippen LogP contribution >= 0.6 is 15.9 Å². The second-order valence-corrected chi connectivity index (χ2v) is 9.73. The van der Waals surface area contributed by atoms with Gasteiger partial charge in [-0.2, -0.15) is 0 Å². The van der Waals surface area contributed by atoms with Gasteiger partial charge < -0.3 is 9.64 Å². The highest BCUT2D eigenvalue weighted by molar-refractivity contribution is 9.10. The SMILES string of the molecule is COC(=O)/C=C/c1cc(F)cc(N(C(=O)C2CC3CCC2C3)C(C)c2ccc(Br)cc2)c1. The van der Waals surface area contributed by atoms with Gasteiger partial charge in [-0.25, -0.2) is 9.18 Å². The fourth-order valence-electron chi connectivity index (χ4n) is 5.22. The van der Waals surface area contributed by atoms with Crippen molar-refractivity contribution in [1.82, 2.24) is 0 Å². The molecular formula is C26H27BrFNO3. The second kappa shape index (κ2) is 9.57. The van der Waals surface area contributed by atoms with Crippen LogP contribution in [0.25, 0.3) is 6.08 Å². The molecule has 2 saturated carbocycles. The fourth-order valence-corrected chi connectivity index (χ4v) is 5.49. The number of hydrogen-bond donors (Lipinski definition) is 0. The molecular weight excluding hydrogens is 473 g/mol. The third kappa shape index (κ3) is 4.80. The van der Waals surface area contributed by atoms with Crippen molar-refractivity contribution in [2.24, 2.45) is 17.8 Å². The van der Waals surface area contributed by atoms with Crippen LogP contribution < -0.4 is 4.90 Å². The molecule has 2 bridgehead atoms. The number of ether oxygens (including phenoxy) is 1. The van der Waals surface area contributed by atoms with Gasteiger partial charge in [0.2, 0.25) is 5.91 Å². The average Bonchev–Trinajstić information content (AvgIpc) is 3.41.